The minimum atomic E-state index is 0.0775. The van der Waals surface area contributed by atoms with Gasteiger partial charge in [0.15, 0.2) is 0 Å². The molecule has 0 saturated heterocycles. The second-order valence-corrected chi connectivity index (χ2v) is 9.21. The SMILES string of the molecule is COc1c2cc(C(C)(C)C)cc1[C@@H](Br)[C@H](Br)c1ccc(cc1)/C=C\2. The van der Waals surface area contributed by atoms with Gasteiger partial charge >= 0.3 is 0 Å². The third-order valence-electron chi connectivity index (χ3n) is 4.48. The first-order valence-electron chi connectivity index (χ1n) is 8.10. The summed E-state index contributed by atoms with van der Waals surface area (Å²) in [5.41, 5.74) is 6.13. The van der Waals surface area contributed by atoms with Crippen molar-refractivity contribution >= 4 is 44.0 Å². The van der Waals surface area contributed by atoms with Crippen LogP contribution in [0.1, 0.15) is 58.2 Å². The Hall–Kier alpha value is -1.06. The van der Waals surface area contributed by atoms with Gasteiger partial charge < -0.3 is 4.74 Å². The first-order chi connectivity index (χ1) is 11.3. The van der Waals surface area contributed by atoms with Crippen LogP contribution in [-0.2, 0) is 5.41 Å². The van der Waals surface area contributed by atoms with Gasteiger partial charge in [0.25, 0.3) is 0 Å². The van der Waals surface area contributed by atoms with Crippen molar-refractivity contribution in [2.24, 2.45) is 0 Å². The summed E-state index contributed by atoms with van der Waals surface area (Å²) in [6, 6.07) is 13.2. The molecule has 0 radical (unpaired) electrons. The first kappa shape index (κ1) is 17.8. The van der Waals surface area contributed by atoms with E-state index in [4.69, 9.17) is 4.74 Å². The smallest absolute Gasteiger partial charge is 0.130 e. The molecule has 2 aliphatic rings. The zero-order chi connectivity index (χ0) is 17.5. The number of alkyl halides is 2. The Bertz CT molecular complexity index is 770. The van der Waals surface area contributed by atoms with Crippen LogP contribution in [0.25, 0.3) is 12.2 Å². The second kappa shape index (κ2) is 6.68. The molecule has 4 bridgehead atoms. The second-order valence-electron chi connectivity index (χ2n) is 7.24. The van der Waals surface area contributed by atoms with Crippen LogP contribution in [0.15, 0.2) is 36.4 Å². The summed E-state index contributed by atoms with van der Waals surface area (Å²) in [5.74, 6) is 0.938. The summed E-state index contributed by atoms with van der Waals surface area (Å²) >= 11 is 7.78. The van der Waals surface area contributed by atoms with Crippen molar-refractivity contribution in [1.82, 2.24) is 0 Å². The van der Waals surface area contributed by atoms with E-state index < -0.39 is 0 Å². The lowest BCUT2D eigenvalue weighted by molar-refractivity contribution is 0.407. The zero-order valence-electron chi connectivity index (χ0n) is 14.4. The minimum absolute atomic E-state index is 0.0775. The minimum Gasteiger partial charge on any atom is -0.496 e. The number of rotatable bonds is 1. The molecular formula is C21H22Br2O. The van der Waals surface area contributed by atoms with E-state index in [2.05, 4.69) is 101 Å². The lowest BCUT2D eigenvalue weighted by Crippen LogP contribution is -2.13. The molecule has 4 rings (SSSR count). The molecule has 0 unspecified atom stereocenters. The van der Waals surface area contributed by atoms with Crippen LogP contribution in [-0.4, -0.2) is 7.11 Å². The molecule has 0 aliphatic heterocycles. The highest BCUT2D eigenvalue weighted by Gasteiger charge is 2.27. The molecule has 0 aromatic heterocycles. The molecule has 0 heterocycles. The summed E-state index contributed by atoms with van der Waals surface area (Å²) in [4.78, 5) is 0.285. The molecule has 2 atom stereocenters. The van der Waals surface area contributed by atoms with E-state index in [0.717, 1.165) is 11.3 Å². The van der Waals surface area contributed by atoms with E-state index in [9.17, 15) is 0 Å². The molecule has 0 amide bonds. The summed E-state index contributed by atoms with van der Waals surface area (Å²) < 4.78 is 5.81. The maximum Gasteiger partial charge on any atom is 0.130 e. The maximum atomic E-state index is 5.81. The number of methoxy groups -OCH3 is 1. The Balaban J connectivity index is 2.30. The molecule has 24 heavy (non-hydrogen) atoms. The van der Waals surface area contributed by atoms with Gasteiger partial charge in [-0.3, -0.25) is 0 Å². The van der Waals surface area contributed by atoms with E-state index in [0.29, 0.717) is 0 Å². The quantitative estimate of drug-likeness (QED) is 0.423. The lowest BCUT2D eigenvalue weighted by Gasteiger charge is -2.26. The summed E-state index contributed by atoms with van der Waals surface area (Å²) in [7, 11) is 1.75. The maximum absolute atomic E-state index is 5.81. The number of hydrogen-bond donors (Lipinski definition) is 0. The van der Waals surface area contributed by atoms with E-state index in [1.54, 1.807) is 7.11 Å². The van der Waals surface area contributed by atoms with Crippen LogP contribution >= 0.6 is 31.9 Å². The molecule has 0 N–H and O–H groups in total. The normalized spacial score (nSPS) is 21.2. The molecule has 126 valence electrons. The van der Waals surface area contributed by atoms with Gasteiger partial charge in [-0.05, 0) is 28.2 Å². The summed E-state index contributed by atoms with van der Waals surface area (Å²) in [5, 5.41) is 0. The van der Waals surface area contributed by atoms with Gasteiger partial charge in [0.2, 0.25) is 0 Å². The fraction of sp³-hybridized carbons (Fsp3) is 0.333. The highest BCUT2D eigenvalue weighted by atomic mass is 79.9. The Morgan fingerprint density at radius 3 is 2.17 bits per heavy atom. The molecule has 0 fully saturated rings. The number of halogens is 2. The van der Waals surface area contributed by atoms with Gasteiger partial charge in [0.1, 0.15) is 5.75 Å². The number of ether oxygens (including phenoxy) is 1. The van der Waals surface area contributed by atoms with Crippen molar-refractivity contribution in [2.75, 3.05) is 7.11 Å². The summed E-state index contributed by atoms with van der Waals surface area (Å²) in [6.45, 7) is 6.74. The van der Waals surface area contributed by atoms with Gasteiger partial charge in [-0.1, -0.05) is 95.1 Å². The van der Waals surface area contributed by atoms with Crippen molar-refractivity contribution in [2.45, 2.75) is 35.8 Å². The third kappa shape index (κ3) is 3.34. The van der Waals surface area contributed by atoms with E-state index in [1.165, 1.54) is 22.3 Å². The molecule has 0 spiro atoms. The monoisotopic (exact) mass is 448 g/mol. The number of benzene rings is 2. The summed E-state index contributed by atoms with van der Waals surface area (Å²) in [6.07, 6.45) is 4.30. The fourth-order valence-electron chi connectivity index (χ4n) is 2.98. The van der Waals surface area contributed by atoms with Crippen LogP contribution in [0, 0.1) is 0 Å². The molecule has 3 heteroatoms. The molecular weight excluding hydrogens is 428 g/mol. The van der Waals surface area contributed by atoms with Crippen LogP contribution in [0.4, 0.5) is 0 Å². The van der Waals surface area contributed by atoms with Crippen LogP contribution in [0.3, 0.4) is 0 Å². The largest absolute Gasteiger partial charge is 0.496 e. The van der Waals surface area contributed by atoms with Gasteiger partial charge in [0, 0.05) is 11.1 Å². The predicted molar refractivity (Wildman–Crippen MR) is 110 cm³/mol. The zero-order valence-corrected chi connectivity index (χ0v) is 17.6. The Morgan fingerprint density at radius 1 is 0.917 bits per heavy atom. The molecule has 1 nitrogen and oxygen atoms in total. The van der Waals surface area contributed by atoms with Crippen LogP contribution in [0.5, 0.6) is 5.75 Å². The van der Waals surface area contributed by atoms with Crippen molar-refractivity contribution in [3.05, 3.63) is 64.2 Å². The Kier molecular flexibility index (Phi) is 4.94. The highest BCUT2D eigenvalue weighted by Crippen LogP contribution is 2.48. The molecule has 2 aromatic carbocycles. The fourth-order valence-corrected chi connectivity index (χ4v) is 4.21. The molecule has 2 aliphatic carbocycles. The molecule has 0 saturated carbocycles. The van der Waals surface area contributed by atoms with Crippen LogP contribution in [0.2, 0.25) is 0 Å². The van der Waals surface area contributed by atoms with Crippen molar-refractivity contribution in [3.8, 4) is 5.75 Å². The number of fused-ring (bicyclic) bond motifs is 3. The average Bonchev–Trinajstić information content (AvgIpc) is 2.58. The topological polar surface area (TPSA) is 9.23 Å². The van der Waals surface area contributed by atoms with E-state index in [-0.39, 0.29) is 15.1 Å². The van der Waals surface area contributed by atoms with E-state index >= 15 is 0 Å². The predicted octanol–water partition coefficient (Wildman–Crippen LogP) is 7.05. The number of hydrogen-bond acceptors (Lipinski definition) is 1. The van der Waals surface area contributed by atoms with Gasteiger partial charge in [-0.2, -0.15) is 0 Å². The standard InChI is InChI=1S/C21H22Br2O/c1-21(2,3)16-11-15-10-7-13-5-8-14(9-6-13)18(22)19(23)17(12-16)20(15)24-4/h5-12,18-19H,1-4H3/b10-7-/t18-,19-/m1/s1. The highest BCUT2D eigenvalue weighted by molar-refractivity contribution is 9.12. The Morgan fingerprint density at radius 2 is 1.58 bits per heavy atom. The third-order valence-corrected chi connectivity index (χ3v) is 7.27. The van der Waals surface area contributed by atoms with Crippen molar-refractivity contribution < 1.29 is 4.74 Å². The van der Waals surface area contributed by atoms with Crippen LogP contribution < -0.4 is 4.74 Å². The average molecular weight is 450 g/mol. The first-order valence-corrected chi connectivity index (χ1v) is 9.93. The van der Waals surface area contributed by atoms with E-state index in [1.807, 2.05) is 0 Å². The Labute approximate surface area is 161 Å². The van der Waals surface area contributed by atoms with Crippen molar-refractivity contribution in [1.29, 1.82) is 0 Å². The van der Waals surface area contributed by atoms with Gasteiger partial charge in [0.05, 0.1) is 16.8 Å². The molecule has 2 aromatic rings. The lowest BCUT2D eigenvalue weighted by atomic mass is 9.84. The van der Waals surface area contributed by atoms with Gasteiger partial charge in [-0.25, -0.2) is 0 Å². The van der Waals surface area contributed by atoms with Gasteiger partial charge in [-0.15, -0.1) is 0 Å². The van der Waals surface area contributed by atoms with Crippen molar-refractivity contribution in [3.63, 3.8) is 0 Å².